The Morgan fingerprint density at radius 3 is 2.71 bits per heavy atom. The maximum Gasteiger partial charge on any atom is 0.242 e. The van der Waals surface area contributed by atoms with E-state index >= 15 is 0 Å². The van der Waals surface area contributed by atoms with Gasteiger partial charge in [-0.15, -0.1) is 0 Å². The van der Waals surface area contributed by atoms with Crippen molar-refractivity contribution in [2.75, 3.05) is 10.7 Å². The summed E-state index contributed by atoms with van der Waals surface area (Å²) in [6.07, 6.45) is 0.758. The minimum absolute atomic E-state index is 0.0176. The van der Waals surface area contributed by atoms with Crippen LogP contribution in [0.4, 0.5) is 5.69 Å². The highest BCUT2D eigenvalue weighted by molar-refractivity contribution is 9.10. The number of fused-ring (bicyclic) bond motifs is 1. The van der Waals surface area contributed by atoms with Crippen molar-refractivity contribution in [2.45, 2.75) is 25.1 Å². The molecule has 0 radical (unpaired) electrons. The van der Waals surface area contributed by atoms with Crippen LogP contribution in [0, 0.1) is 0 Å². The van der Waals surface area contributed by atoms with Gasteiger partial charge in [0.2, 0.25) is 5.91 Å². The lowest BCUT2D eigenvalue weighted by Gasteiger charge is -2.22. The van der Waals surface area contributed by atoms with Gasteiger partial charge in [0.05, 0.1) is 5.75 Å². The average molecular weight is 408 g/mol. The third kappa shape index (κ3) is 3.70. The van der Waals surface area contributed by atoms with E-state index in [0.29, 0.717) is 5.56 Å². The molecule has 2 aromatic rings. The Labute approximate surface area is 150 Å². The summed E-state index contributed by atoms with van der Waals surface area (Å²) in [5.41, 5.74) is 2.59. The van der Waals surface area contributed by atoms with Crippen LogP contribution in [0.1, 0.15) is 18.1 Å². The first-order valence-electron chi connectivity index (χ1n) is 7.70. The molecular formula is C18H18BrNO3S. The van der Waals surface area contributed by atoms with Crippen molar-refractivity contribution in [1.82, 2.24) is 0 Å². The van der Waals surface area contributed by atoms with Crippen LogP contribution in [-0.4, -0.2) is 26.1 Å². The van der Waals surface area contributed by atoms with Gasteiger partial charge < -0.3 is 4.90 Å². The molecule has 0 bridgehead atoms. The molecule has 0 aliphatic carbocycles. The summed E-state index contributed by atoms with van der Waals surface area (Å²) in [5, 5.41) is 0. The van der Waals surface area contributed by atoms with Crippen LogP contribution in [0.2, 0.25) is 0 Å². The van der Waals surface area contributed by atoms with Crippen molar-refractivity contribution in [3.05, 3.63) is 64.1 Å². The molecule has 1 aliphatic rings. The lowest BCUT2D eigenvalue weighted by Crippen LogP contribution is -2.39. The van der Waals surface area contributed by atoms with Gasteiger partial charge in [0.25, 0.3) is 0 Å². The number of hydrogen-bond acceptors (Lipinski definition) is 3. The maximum absolute atomic E-state index is 12.6. The number of carbonyl (C=O) groups excluding carboxylic acids is 1. The predicted molar refractivity (Wildman–Crippen MR) is 98.7 cm³/mol. The topological polar surface area (TPSA) is 54.5 Å². The molecule has 0 N–H and O–H groups in total. The summed E-state index contributed by atoms with van der Waals surface area (Å²) in [5.74, 6) is -0.970. The van der Waals surface area contributed by atoms with Gasteiger partial charge in [-0.25, -0.2) is 8.42 Å². The summed E-state index contributed by atoms with van der Waals surface area (Å²) < 4.78 is 25.7. The fourth-order valence-corrected chi connectivity index (χ4v) is 4.89. The van der Waals surface area contributed by atoms with Crippen LogP contribution in [0.5, 0.6) is 0 Å². The molecule has 3 rings (SSSR count). The second-order valence-corrected chi connectivity index (χ2v) is 9.09. The summed E-state index contributed by atoms with van der Waals surface area (Å²) in [6.45, 7) is 1.94. The largest absolute Gasteiger partial charge is 0.308 e. The predicted octanol–water partition coefficient (Wildman–Crippen LogP) is 3.34. The van der Waals surface area contributed by atoms with Gasteiger partial charge in [-0.1, -0.05) is 46.3 Å². The van der Waals surface area contributed by atoms with Crippen LogP contribution in [-0.2, 0) is 26.8 Å². The Hall–Kier alpha value is -1.66. The molecular weight excluding hydrogens is 390 g/mol. The van der Waals surface area contributed by atoms with E-state index in [1.807, 2.05) is 37.3 Å². The van der Waals surface area contributed by atoms with Gasteiger partial charge in [-0.3, -0.25) is 4.79 Å². The van der Waals surface area contributed by atoms with Gasteiger partial charge in [0, 0.05) is 16.2 Å². The lowest BCUT2D eigenvalue weighted by atomic mass is 10.1. The minimum Gasteiger partial charge on any atom is -0.308 e. The molecule has 126 valence electrons. The molecule has 0 fully saturated rings. The zero-order chi connectivity index (χ0) is 17.3. The Kier molecular flexibility index (Phi) is 4.78. The zero-order valence-corrected chi connectivity index (χ0v) is 15.7. The van der Waals surface area contributed by atoms with Gasteiger partial charge in [-0.05, 0) is 42.7 Å². The van der Waals surface area contributed by atoms with Crippen LogP contribution in [0.3, 0.4) is 0 Å². The van der Waals surface area contributed by atoms with Crippen LogP contribution in [0.25, 0.3) is 0 Å². The number of nitrogens with zero attached hydrogens (tertiary/aromatic N) is 1. The molecule has 0 saturated heterocycles. The third-order valence-corrected chi connectivity index (χ3v) is 6.05. The number of hydrogen-bond donors (Lipinski definition) is 0. The van der Waals surface area contributed by atoms with Crippen molar-refractivity contribution in [2.24, 2.45) is 0 Å². The van der Waals surface area contributed by atoms with E-state index in [4.69, 9.17) is 0 Å². The fourth-order valence-electron chi connectivity index (χ4n) is 3.13. The number of para-hydroxylation sites is 1. The quantitative estimate of drug-likeness (QED) is 0.780. The smallest absolute Gasteiger partial charge is 0.242 e. The number of benzene rings is 2. The number of halogens is 1. The Balaban J connectivity index is 1.77. The monoisotopic (exact) mass is 407 g/mol. The van der Waals surface area contributed by atoms with Crippen molar-refractivity contribution >= 4 is 37.4 Å². The first-order valence-corrected chi connectivity index (χ1v) is 10.3. The molecule has 1 amide bonds. The SMILES string of the molecule is CC1Cc2ccccc2N1C(=O)CS(=O)(=O)Cc1cccc(Br)c1. The molecule has 2 aromatic carbocycles. The number of amides is 1. The van der Waals surface area contributed by atoms with E-state index < -0.39 is 15.6 Å². The molecule has 0 saturated carbocycles. The Bertz CT molecular complexity index is 879. The van der Waals surface area contributed by atoms with Crippen molar-refractivity contribution in [3.63, 3.8) is 0 Å². The normalized spacial score (nSPS) is 16.9. The van der Waals surface area contributed by atoms with E-state index in [9.17, 15) is 13.2 Å². The number of carbonyl (C=O) groups is 1. The first kappa shape index (κ1) is 17.2. The summed E-state index contributed by atoms with van der Waals surface area (Å²) >= 11 is 3.33. The van der Waals surface area contributed by atoms with E-state index in [0.717, 1.165) is 22.1 Å². The van der Waals surface area contributed by atoms with E-state index in [2.05, 4.69) is 15.9 Å². The number of sulfone groups is 1. The van der Waals surface area contributed by atoms with Crippen LogP contribution < -0.4 is 4.90 Å². The highest BCUT2D eigenvalue weighted by atomic mass is 79.9. The van der Waals surface area contributed by atoms with E-state index in [-0.39, 0.29) is 17.7 Å². The first-order chi connectivity index (χ1) is 11.4. The standard InChI is InChI=1S/C18H18BrNO3S/c1-13-9-15-6-2-3-8-17(15)20(13)18(21)12-24(22,23)11-14-5-4-7-16(19)10-14/h2-8,10,13H,9,11-12H2,1H3. The second kappa shape index (κ2) is 6.69. The molecule has 1 heterocycles. The Morgan fingerprint density at radius 2 is 1.96 bits per heavy atom. The minimum atomic E-state index is -3.53. The molecule has 0 aromatic heterocycles. The number of rotatable bonds is 4. The molecule has 6 heteroatoms. The van der Waals surface area contributed by atoms with Crippen molar-refractivity contribution in [1.29, 1.82) is 0 Å². The molecule has 24 heavy (non-hydrogen) atoms. The van der Waals surface area contributed by atoms with Gasteiger partial charge >= 0.3 is 0 Å². The fraction of sp³-hybridized carbons (Fsp3) is 0.278. The highest BCUT2D eigenvalue weighted by Gasteiger charge is 2.32. The van der Waals surface area contributed by atoms with E-state index in [1.165, 1.54) is 0 Å². The van der Waals surface area contributed by atoms with Crippen molar-refractivity contribution in [3.8, 4) is 0 Å². The second-order valence-electron chi connectivity index (χ2n) is 6.11. The van der Waals surface area contributed by atoms with Gasteiger partial charge in [0.15, 0.2) is 9.84 Å². The lowest BCUT2D eigenvalue weighted by molar-refractivity contribution is -0.116. The van der Waals surface area contributed by atoms with Gasteiger partial charge in [-0.2, -0.15) is 0 Å². The zero-order valence-electron chi connectivity index (χ0n) is 13.3. The number of anilines is 1. The third-order valence-electron chi connectivity index (χ3n) is 4.09. The summed E-state index contributed by atoms with van der Waals surface area (Å²) in [7, 11) is -3.53. The molecule has 0 spiro atoms. The summed E-state index contributed by atoms with van der Waals surface area (Å²) in [4.78, 5) is 14.2. The highest BCUT2D eigenvalue weighted by Crippen LogP contribution is 2.32. The van der Waals surface area contributed by atoms with Crippen LogP contribution in [0.15, 0.2) is 53.0 Å². The van der Waals surface area contributed by atoms with Crippen molar-refractivity contribution < 1.29 is 13.2 Å². The molecule has 1 unspecified atom stereocenters. The maximum atomic E-state index is 12.6. The van der Waals surface area contributed by atoms with Crippen LogP contribution >= 0.6 is 15.9 Å². The van der Waals surface area contributed by atoms with E-state index in [1.54, 1.807) is 23.1 Å². The Morgan fingerprint density at radius 1 is 1.21 bits per heavy atom. The average Bonchev–Trinajstić information content (AvgIpc) is 2.81. The summed E-state index contributed by atoms with van der Waals surface area (Å²) in [6, 6.07) is 14.8. The van der Waals surface area contributed by atoms with Gasteiger partial charge in [0.1, 0.15) is 5.75 Å². The molecule has 4 nitrogen and oxygen atoms in total. The molecule has 1 atom stereocenters. The molecule has 1 aliphatic heterocycles.